The molecule has 0 bridgehead atoms. The molecule has 36 heavy (non-hydrogen) atoms. The van der Waals surface area contributed by atoms with Gasteiger partial charge < -0.3 is 24.1 Å². The van der Waals surface area contributed by atoms with E-state index in [1.807, 2.05) is 0 Å². The van der Waals surface area contributed by atoms with Crippen molar-refractivity contribution in [3.63, 3.8) is 0 Å². The van der Waals surface area contributed by atoms with Crippen LogP contribution in [0, 0.1) is 17.0 Å². The lowest BCUT2D eigenvalue weighted by molar-refractivity contribution is -0.385. The lowest BCUT2D eigenvalue weighted by Gasteiger charge is -2.38. The molecule has 2 aliphatic rings. The number of cyclic esters (lactones) is 1. The number of rotatable bonds is 5. The minimum absolute atomic E-state index is 0.0391. The van der Waals surface area contributed by atoms with Gasteiger partial charge in [-0.05, 0) is 36.6 Å². The van der Waals surface area contributed by atoms with Crippen molar-refractivity contribution < 1.29 is 48.2 Å². The van der Waals surface area contributed by atoms with Gasteiger partial charge in [-0.3, -0.25) is 19.7 Å². The quantitative estimate of drug-likeness (QED) is 0.278. The fourth-order valence-electron chi connectivity index (χ4n) is 4.62. The number of carbonyl (C=O) groups is 4. The minimum atomic E-state index is -1.92. The molecule has 0 aliphatic carbocycles. The van der Waals surface area contributed by atoms with Gasteiger partial charge in [-0.2, -0.15) is 0 Å². The second kappa shape index (κ2) is 8.95. The van der Waals surface area contributed by atoms with E-state index in [-0.39, 0.29) is 40.8 Å². The van der Waals surface area contributed by atoms with Gasteiger partial charge in [0.05, 0.1) is 25.6 Å². The minimum Gasteiger partial charge on any atom is -0.506 e. The van der Waals surface area contributed by atoms with Crippen molar-refractivity contribution >= 4 is 29.4 Å². The second-order valence-corrected chi connectivity index (χ2v) is 8.37. The normalized spacial score (nSPS) is 20.7. The number of aryl methyl sites for hydroxylation is 1. The molecular formula is C24H21NO11. The van der Waals surface area contributed by atoms with E-state index in [2.05, 4.69) is 4.74 Å². The summed E-state index contributed by atoms with van der Waals surface area (Å²) in [6.07, 6.45) is -1.46. The Labute approximate surface area is 203 Å². The number of benzene rings is 2. The molecule has 12 nitrogen and oxygen atoms in total. The number of aromatic hydroxyl groups is 1. The van der Waals surface area contributed by atoms with Crippen LogP contribution in [-0.2, 0) is 23.8 Å². The summed E-state index contributed by atoms with van der Waals surface area (Å²) in [5.74, 6) is -3.68. The molecule has 0 spiro atoms. The first-order chi connectivity index (χ1) is 17.0. The van der Waals surface area contributed by atoms with Crippen LogP contribution in [0.5, 0.6) is 11.5 Å². The third-order valence-electron chi connectivity index (χ3n) is 6.28. The third-order valence-corrected chi connectivity index (χ3v) is 6.28. The Kier molecular flexibility index (Phi) is 6.12. The Morgan fingerprint density at radius 1 is 1.17 bits per heavy atom. The highest BCUT2D eigenvalue weighted by Crippen LogP contribution is 2.48. The number of phenolic OH excluding ortho intramolecular Hbond substituents is 1. The van der Waals surface area contributed by atoms with Crippen molar-refractivity contribution in [3.05, 3.63) is 51.1 Å². The van der Waals surface area contributed by atoms with Gasteiger partial charge >= 0.3 is 17.9 Å². The lowest BCUT2D eigenvalue weighted by atomic mass is 9.82. The molecule has 0 saturated carbocycles. The van der Waals surface area contributed by atoms with E-state index in [9.17, 15) is 34.4 Å². The number of carbonyl (C=O) groups excluding carboxylic acids is 4. The summed E-state index contributed by atoms with van der Waals surface area (Å²) in [7, 11) is 2.20. The first-order valence-electron chi connectivity index (χ1n) is 10.8. The van der Waals surface area contributed by atoms with E-state index in [4.69, 9.17) is 14.2 Å². The number of esters is 3. The smallest absolute Gasteiger partial charge is 0.354 e. The van der Waals surface area contributed by atoms with Crippen LogP contribution in [0.25, 0.3) is 11.1 Å². The topological polar surface area (TPSA) is 169 Å². The first kappa shape index (κ1) is 24.6. The molecule has 2 atom stereocenters. The monoisotopic (exact) mass is 499 g/mol. The number of nitro benzene ring substituents is 1. The van der Waals surface area contributed by atoms with E-state index in [0.717, 1.165) is 20.3 Å². The van der Waals surface area contributed by atoms with Crippen molar-refractivity contribution in [2.24, 2.45) is 0 Å². The van der Waals surface area contributed by atoms with Crippen LogP contribution in [-0.4, -0.2) is 59.6 Å². The standard InChI is InChI=1S/C24H21NO11/c1-11-8-16-20(15(26)10-24(36-16,23(30)34-3)17-6-7-18(27)35-17)21(28)19(11)12-4-5-13(22(29)33-2)14(9-12)25(31)32/h4-5,8-9,17,28H,6-7,10H2,1-3H3/t17-,24-/m1/s1. The van der Waals surface area contributed by atoms with Gasteiger partial charge in [-0.1, -0.05) is 6.07 Å². The van der Waals surface area contributed by atoms with Crippen LogP contribution in [0.3, 0.4) is 0 Å². The van der Waals surface area contributed by atoms with Crippen molar-refractivity contribution in [2.45, 2.75) is 37.9 Å². The Bertz CT molecular complexity index is 1330. The van der Waals surface area contributed by atoms with E-state index >= 15 is 0 Å². The average molecular weight is 499 g/mol. The third kappa shape index (κ3) is 3.80. The van der Waals surface area contributed by atoms with E-state index in [1.54, 1.807) is 6.92 Å². The molecule has 0 unspecified atom stereocenters. The molecule has 1 N–H and O–H groups in total. The first-order valence-corrected chi connectivity index (χ1v) is 10.8. The Hall–Kier alpha value is -4.48. The molecule has 2 aliphatic heterocycles. The van der Waals surface area contributed by atoms with Crippen molar-refractivity contribution in [1.82, 2.24) is 0 Å². The molecule has 0 aromatic heterocycles. The van der Waals surface area contributed by atoms with Crippen LogP contribution in [0.15, 0.2) is 24.3 Å². The molecule has 0 amide bonds. The summed E-state index contributed by atoms with van der Waals surface area (Å²) in [6, 6.07) is 5.05. The Morgan fingerprint density at radius 2 is 1.89 bits per heavy atom. The lowest BCUT2D eigenvalue weighted by Crippen LogP contribution is -2.58. The molecule has 4 rings (SSSR count). The van der Waals surface area contributed by atoms with E-state index in [0.29, 0.717) is 5.56 Å². The maximum absolute atomic E-state index is 13.3. The molecule has 2 aromatic rings. The molecular weight excluding hydrogens is 478 g/mol. The van der Waals surface area contributed by atoms with Crippen LogP contribution in [0.2, 0.25) is 0 Å². The van der Waals surface area contributed by atoms with Crippen molar-refractivity contribution in [2.75, 3.05) is 14.2 Å². The highest BCUT2D eigenvalue weighted by molar-refractivity contribution is 6.08. The summed E-state index contributed by atoms with van der Waals surface area (Å²) < 4.78 is 20.6. The number of ether oxygens (including phenoxy) is 4. The number of fused-ring (bicyclic) bond motifs is 1. The molecule has 1 saturated heterocycles. The highest BCUT2D eigenvalue weighted by atomic mass is 16.6. The maximum Gasteiger partial charge on any atom is 0.354 e. The van der Waals surface area contributed by atoms with E-state index < -0.39 is 58.2 Å². The van der Waals surface area contributed by atoms with Gasteiger partial charge in [0, 0.05) is 18.1 Å². The number of methoxy groups -OCH3 is 2. The van der Waals surface area contributed by atoms with Crippen LogP contribution < -0.4 is 4.74 Å². The number of Topliss-reactive ketones (excluding diaryl/α,β-unsaturated/α-hetero) is 1. The van der Waals surface area contributed by atoms with E-state index in [1.165, 1.54) is 18.2 Å². The maximum atomic E-state index is 13.3. The fourth-order valence-corrected chi connectivity index (χ4v) is 4.62. The van der Waals surface area contributed by atoms with Crippen LogP contribution >= 0.6 is 0 Å². The molecule has 1 fully saturated rings. The number of hydrogen-bond donors (Lipinski definition) is 1. The zero-order valence-electron chi connectivity index (χ0n) is 19.5. The Morgan fingerprint density at radius 3 is 2.47 bits per heavy atom. The Balaban J connectivity index is 1.85. The van der Waals surface area contributed by atoms with Gasteiger partial charge in [0.25, 0.3) is 5.69 Å². The van der Waals surface area contributed by atoms with Crippen LogP contribution in [0.4, 0.5) is 5.69 Å². The fraction of sp³-hybridized carbons (Fsp3) is 0.333. The average Bonchev–Trinajstić information content (AvgIpc) is 3.28. The molecule has 12 heteroatoms. The van der Waals surface area contributed by atoms with Crippen LogP contribution in [0.1, 0.15) is 45.5 Å². The molecule has 188 valence electrons. The SMILES string of the molecule is COC(=O)c1ccc(-c2c(C)cc3c(c2O)C(=O)C[C@](C(=O)OC)([C@H]2CCC(=O)O2)O3)cc1[N+](=O)[O-]. The van der Waals surface area contributed by atoms with Crippen molar-refractivity contribution in [3.8, 4) is 22.6 Å². The number of nitro groups is 1. The van der Waals surface area contributed by atoms with Gasteiger partial charge in [-0.15, -0.1) is 0 Å². The van der Waals surface area contributed by atoms with Gasteiger partial charge in [0.1, 0.15) is 22.6 Å². The molecule has 0 radical (unpaired) electrons. The summed E-state index contributed by atoms with van der Waals surface area (Å²) >= 11 is 0. The zero-order chi connectivity index (χ0) is 26.4. The number of hydrogen-bond acceptors (Lipinski definition) is 11. The summed E-state index contributed by atoms with van der Waals surface area (Å²) in [5.41, 5.74) is -2.38. The summed E-state index contributed by atoms with van der Waals surface area (Å²) in [5, 5.41) is 22.7. The predicted octanol–water partition coefficient (Wildman–Crippen LogP) is 2.65. The highest BCUT2D eigenvalue weighted by Gasteiger charge is 2.58. The summed E-state index contributed by atoms with van der Waals surface area (Å²) in [4.78, 5) is 60.5. The summed E-state index contributed by atoms with van der Waals surface area (Å²) in [6.45, 7) is 1.56. The van der Waals surface area contributed by atoms with Gasteiger partial charge in [0.2, 0.25) is 5.60 Å². The number of phenols is 1. The zero-order valence-corrected chi connectivity index (χ0v) is 19.5. The van der Waals surface area contributed by atoms with Crippen molar-refractivity contribution in [1.29, 1.82) is 0 Å². The number of nitrogens with zero attached hydrogens (tertiary/aromatic N) is 1. The van der Waals surface area contributed by atoms with Gasteiger partial charge in [-0.25, -0.2) is 9.59 Å². The van der Waals surface area contributed by atoms with Gasteiger partial charge in [0.15, 0.2) is 11.9 Å². The molecule has 2 aromatic carbocycles. The predicted molar refractivity (Wildman–Crippen MR) is 120 cm³/mol. The number of ketones is 1. The largest absolute Gasteiger partial charge is 0.506 e. The second-order valence-electron chi connectivity index (χ2n) is 8.37. The molecule has 2 heterocycles.